The van der Waals surface area contributed by atoms with Gasteiger partial charge in [-0.3, -0.25) is 9.59 Å². The lowest BCUT2D eigenvalue weighted by Crippen LogP contribution is -2.21. The van der Waals surface area contributed by atoms with Crippen molar-refractivity contribution in [2.45, 2.75) is 13.8 Å². The second-order valence-electron chi connectivity index (χ2n) is 5.61. The van der Waals surface area contributed by atoms with Crippen molar-refractivity contribution in [2.75, 3.05) is 0 Å². The van der Waals surface area contributed by atoms with Gasteiger partial charge in [-0.15, -0.1) is 0 Å². The number of hydrogen-bond donors (Lipinski definition) is 0. The number of carbonyl (C=O) groups is 2. The maximum absolute atomic E-state index is 12.7. The molecule has 104 valence electrons. The molecule has 0 bridgehead atoms. The van der Waals surface area contributed by atoms with Gasteiger partial charge in [0.05, 0.1) is 5.56 Å². The van der Waals surface area contributed by atoms with Gasteiger partial charge in [-0.25, -0.2) is 0 Å². The summed E-state index contributed by atoms with van der Waals surface area (Å²) in [5.41, 5.74) is 3.35. The molecule has 0 saturated carbocycles. The van der Waals surface area contributed by atoms with E-state index in [1.807, 2.05) is 37.3 Å². The maximum atomic E-state index is 12.7. The largest absolute Gasteiger partial charge is 0.481 e. The minimum atomic E-state index is -0.480. The second kappa shape index (κ2) is 4.42. The number of aryl methyl sites for hydroxylation is 1. The Morgan fingerprint density at radius 1 is 0.909 bits per heavy atom. The number of carbonyl (C=O) groups excluding carboxylic acids is 2. The van der Waals surface area contributed by atoms with E-state index in [0.717, 1.165) is 16.3 Å². The van der Waals surface area contributed by atoms with Crippen LogP contribution < -0.4 is 4.62 Å². The monoisotopic (exact) mass is 302 g/mol. The van der Waals surface area contributed by atoms with Crippen LogP contribution in [-0.2, 0) is 0 Å². The molecule has 3 aromatic rings. The average Bonchev–Trinajstić information content (AvgIpc) is 2.80. The Balaban J connectivity index is 2.20. The highest BCUT2D eigenvalue weighted by molar-refractivity contribution is 6.55. The molecule has 1 aliphatic rings. The Labute approximate surface area is 135 Å². The lowest BCUT2D eigenvalue weighted by atomic mass is 9.84. The number of hydrogen-bond acceptors (Lipinski definition) is 3. The fourth-order valence-electron chi connectivity index (χ4n) is 3.17. The van der Waals surface area contributed by atoms with Crippen LogP contribution in [0.1, 0.15) is 31.8 Å². The van der Waals surface area contributed by atoms with Gasteiger partial charge in [-0.1, -0.05) is 24.3 Å². The molecular weight excluding hydrogens is 291 g/mol. The number of rotatable bonds is 0. The molecule has 0 aliphatic heterocycles. The summed E-state index contributed by atoms with van der Waals surface area (Å²) in [5, 5.41) is 1.79. The quantitative estimate of drug-likeness (QED) is 0.474. The van der Waals surface area contributed by atoms with Crippen LogP contribution >= 0.6 is 0 Å². The van der Waals surface area contributed by atoms with Gasteiger partial charge in [-0.2, -0.15) is 0 Å². The van der Waals surface area contributed by atoms with Crippen LogP contribution in [-0.4, -0.2) is 27.9 Å². The Morgan fingerprint density at radius 2 is 1.64 bits per heavy atom. The first-order chi connectivity index (χ1) is 10.5. The van der Waals surface area contributed by atoms with Crippen LogP contribution in [0.2, 0.25) is 0 Å². The van der Waals surface area contributed by atoms with Crippen molar-refractivity contribution in [3.8, 4) is 11.3 Å². The smallest absolute Gasteiger partial charge is 0.242 e. The van der Waals surface area contributed by atoms with Gasteiger partial charge in [0.15, 0.2) is 0 Å². The van der Waals surface area contributed by atoms with Gasteiger partial charge in [0, 0.05) is 11.1 Å². The molecule has 4 heteroatoms. The third-order valence-electron chi connectivity index (χ3n) is 4.37. The Morgan fingerprint density at radius 3 is 2.41 bits per heavy atom. The minimum Gasteiger partial charge on any atom is -0.481 e. The normalized spacial score (nSPS) is 13.4. The van der Waals surface area contributed by atoms with E-state index in [4.69, 9.17) is 4.42 Å². The van der Waals surface area contributed by atoms with Gasteiger partial charge in [0.1, 0.15) is 5.76 Å². The number of fused-ring (bicyclic) bond motifs is 5. The Hall–Kier alpha value is -2.15. The molecule has 4 rings (SSSR count). The van der Waals surface area contributed by atoms with Crippen LogP contribution in [0, 0.1) is 13.8 Å². The Kier molecular flexibility index (Phi) is 2.72. The molecule has 2 aromatic carbocycles. The molecule has 1 heterocycles. The lowest BCUT2D eigenvalue weighted by molar-refractivity contribution is 0.0815. The maximum Gasteiger partial charge on any atom is 0.242 e. The summed E-state index contributed by atoms with van der Waals surface area (Å²) in [6.07, 6.45) is 0. The third kappa shape index (κ3) is 1.57. The average molecular weight is 302 g/mol. The molecule has 1 aliphatic carbocycles. The molecule has 0 saturated heterocycles. The third-order valence-corrected chi connectivity index (χ3v) is 4.92. The molecule has 0 unspecified atom stereocenters. The summed E-state index contributed by atoms with van der Waals surface area (Å²) >= 11 is 2.48. The molecule has 22 heavy (non-hydrogen) atoms. The summed E-state index contributed by atoms with van der Waals surface area (Å²) in [5.74, 6) is -0.426. The van der Waals surface area contributed by atoms with Crippen molar-refractivity contribution in [2.24, 2.45) is 0 Å². The highest BCUT2D eigenvalue weighted by Crippen LogP contribution is 2.39. The van der Waals surface area contributed by atoms with Crippen molar-refractivity contribution in [3.63, 3.8) is 0 Å². The first-order valence-corrected chi connectivity index (χ1v) is 7.59. The van der Waals surface area contributed by atoms with Gasteiger partial charge in [-0.05, 0) is 46.4 Å². The number of furan rings is 1. The highest BCUT2D eigenvalue weighted by Gasteiger charge is 2.36. The molecule has 1 aromatic heterocycles. The topological polar surface area (TPSA) is 47.3 Å². The van der Waals surface area contributed by atoms with Gasteiger partial charge in [0.25, 0.3) is 0 Å². The van der Waals surface area contributed by atoms with Crippen molar-refractivity contribution >= 4 is 43.3 Å². The lowest BCUT2D eigenvalue weighted by Gasteiger charge is -2.17. The van der Waals surface area contributed by atoms with Crippen molar-refractivity contribution < 1.29 is 14.0 Å². The number of Topliss-reactive ketones (excluding diaryl/α,β-unsaturated/α-hetero) is 2. The summed E-state index contributed by atoms with van der Waals surface area (Å²) in [4.78, 5) is 25.2. The molecule has 3 nitrogen and oxygen atoms in total. The summed E-state index contributed by atoms with van der Waals surface area (Å²) in [7, 11) is 0. The van der Waals surface area contributed by atoms with E-state index in [1.54, 1.807) is 6.92 Å². The Bertz CT molecular complexity index is 995. The molecule has 0 amide bonds. The van der Waals surface area contributed by atoms with E-state index in [2.05, 4.69) is 16.3 Å². The standard InChI is InChI=1S/C18H11O3.Al/c1-9-4-3-5-12-11(9)6-7-13-15(12)17(20)16(19)14-10(2)8-21-18(13)14;/h3-7H,1-2H3;. The molecule has 0 atom stereocenters. The van der Waals surface area contributed by atoms with E-state index in [1.165, 1.54) is 0 Å². The van der Waals surface area contributed by atoms with Crippen molar-refractivity contribution in [1.82, 2.24) is 0 Å². The van der Waals surface area contributed by atoms with E-state index in [9.17, 15) is 9.59 Å². The zero-order chi connectivity index (χ0) is 15.6. The van der Waals surface area contributed by atoms with Crippen molar-refractivity contribution in [3.05, 3.63) is 52.6 Å². The second-order valence-corrected chi connectivity index (χ2v) is 6.14. The first kappa shape index (κ1) is 13.5. The number of ketones is 2. The molecule has 0 fully saturated rings. The van der Waals surface area contributed by atoms with Gasteiger partial charge >= 0.3 is 0 Å². The SMILES string of the molecule is Cc1[c]([Al])oc2c1C(=O)C(=O)c1c-2ccc2c(C)cccc12. The van der Waals surface area contributed by atoms with Gasteiger partial charge < -0.3 is 4.42 Å². The fraction of sp³-hybridized carbons (Fsp3) is 0.111. The summed E-state index contributed by atoms with van der Waals surface area (Å²) < 4.78 is 6.35. The predicted molar refractivity (Wildman–Crippen MR) is 85.2 cm³/mol. The van der Waals surface area contributed by atoms with Crippen LogP contribution in [0.15, 0.2) is 34.7 Å². The number of benzene rings is 2. The molecule has 0 spiro atoms. The zero-order valence-corrected chi connectivity index (χ0v) is 13.3. The molecule has 2 radical (unpaired) electrons. The fourth-order valence-corrected chi connectivity index (χ4v) is 3.43. The van der Waals surface area contributed by atoms with E-state index < -0.39 is 11.6 Å². The predicted octanol–water partition coefficient (Wildman–Crippen LogP) is 2.89. The minimum absolute atomic E-state index is 0.398. The molecular formula is C18H11AlO3. The van der Waals surface area contributed by atoms with E-state index in [-0.39, 0.29) is 0 Å². The van der Waals surface area contributed by atoms with Crippen molar-refractivity contribution in [1.29, 1.82) is 0 Å². The first-order valence-electron chi connectivity index (χ1n) is 7.01. The van der Waals surface area contributed by atoms with Crippen LogP contribution in [0.25, 0.3) is 22.1 Å². The zero-order valence-electron chi connectivity index (χ0n) is 12.2. The highest BCUT2D eigenvalue weighted by atomic mass is 27.0. The van der Waals surface area contributed by atoms with Gasteiger partial charge in [0.2, 0.25) is 27.9 Å². The van der Waals surface area contributed by atoms with Crippen LogP contribution in [0.5, 0.6) is 0 Å². The summed E-state index contributed by atoms with van der Waals surface area (Å²) in [6.45, 7) is 3.79. The molecule has 0 N–H and O–H groups in total. The van der Waals surface area contributed by atoms with E-state index >= 15 is 0 Å². The van der Waals surface area contributed by atoms with Crippen LogP contribution in [0.3, 0.4) is 0 Å². The van der Waals surface area contributed by atoms with Crippen LogP contribution in [0.4, 0.5) is 0 Å². The van der Waals surface area contributed by atoms with E-state index in [0.29, 0.717) is 32.6 Å². The summed E-state index contributed by atoms with van der Waals surface area (Å²) in [6, 6.07) is 9.64.